The number of furan rings is 1. The maximum Gasteiger partial charge on any atom is 0.176 e. The third-order valence-electron chi connectivity index (χ3n) is 3.53. The van der Waals surface area contributed by atoms with Crippen LogP contribution >= 0.6 is 0 Å². The van der Waals surface area contributed by atoms with Gasteiger partial charge in [-0.05, 0) is 44.4 Å². The maximum absolute atomic E-state index is 14.4. The molecule has 1 heterocycles. The van der Waals surface area contributed by atoms with Crippen molar-refractivity contribution in [1.82, 2.24) is 5.32 Å². The molecule has 0 fully saturated rings. The quantitative estimate of drug-likeness (QED) is 0.689. The highest BCUT2D eigenvalue weighted by Crippen LogP contribution is 2.38. The number of halogens is 2. The summed E-state index contributed by atoms with van der Waals surface area (Å²) >= 11 is 0. The molecule has 5 nitrogen and oxygen atoms in total. The minimum atomic E-state index is -0.950. The van der Waals surface area contributed by atoms with E-state index in [2.05, 4.69) is 5.32 Å². The molecule has 0 aliphatic rings. The summed E-state index contributed by atoms with van der Waals surface area (Å²) < 4.78 is 37.9. The van der Waals surface area contributed by atoms with E-state index in [9.17, 15) is 18.7 Å². The normalized spacial score (nSPS) is 10.5. The van der Waals surface area contributed by atoms with E-state index < -0.39 is 17.4 Å². The van der Waals surface area contributed by atoms with Gasteiger partial charge in [0.25, 0.3) is 0 Å². The van der Waals surface area contributed by atoms with E-state index in [1.54, 1.807) is 0 Å². The van der Waals surface area contributed by atoms with Gasteiger partial charge in [-0.25, -0.2) is 8.78 Å². The number of ether oxygens (including phenoxy) is 1. The van der Waals surface area contributed by atoms with Crippen LogP contribution < -0.4 is 5.32 Å². The lowest BCUT2D eigenvalue weighted by atomic mass is 10.0. The lowest BCUT2D eigenvalue weighted by Gasteiger charge is -2.04. The van der Waals surface area contributed by atoms with Crippen LogP contribution in [0, 0.1) is 11.6 Å². The first-order chi connectivity index (χ1) is 12.5. The van der Waals surface area contributed by atoms with Crippen molar-refractivity contribution in [2.24, 2.45) is 0 Å². The Labute approximate surface area is 149 Å². The first-order valence-corrected chi connectivity index (χ1v) is 7.73. The molecule has 2 aromatic carbocycles. The first-order valence-electron chi connectivity index (χ1n) is 7.73. The predicted octanol–water partition coefficient (Wildman–Crippen LogP) is 3.88. The summed E-state index contributed by atoms with van der Waals surface area (Å²) in [4.78, 5) is 11.4. The van der Waals surface area contributed by atoms with Crippen molar-refractivity contribution in [2.75, 3.05) is 21.2 Å². The van der Waals surface area contributed by atoms with Crippen LogP contribution in [-0.2, 0) is 11.3 Å². The first kappa shape index (κ1) is 19.6. The van der Waals surface area contributed by atoms with E-state index in [0.29, 0.717) is 11.8 Å². The number of phenols is 1. The Kier molecular flexibility index (Phi) is 6.43. The van der Waals surface area contributed by atoms with Crippen molar-refractivity contribution in [3.63, 3.8) is 0 Å². The Morgan fingerprint density at radius 1 is 1.23 bits per heavy atom. The van der Waals surface area contributed by atoms with Gasteiger partial charge in [-0.15, -0.1) is 0 Å². The molecule has 0 saturated carbocycles. The molecule has 0 amide bonds. The topological polar surface area (TPSA) is 71.7 Å². The highest BCUT2D eigenvalue weighted by atomic mass is 19.1. The largest absolute Gasteiger partial charge is 0.505 e. The van der Waals surface area contributed by atoms with E-state index in [1.807, 2.05) is 14.1 Å². The molecule has 0 spiro atoms. The van der Waals surface area contributed by atoms with Crippen LogP contribution in [0.25, 0.3) is 22.3 Å². The molecule has 0 radical (unpaired) electrons. The minimum absolute atomic E-state index is 0.0122. The Morgan fingerprint density at radius 2 is 1.85 bits per heavy atom. The number of hydrogen-bond acceptors (Lipinski definition) is 5. The molecule has 26 heavy (non-hydrogen) atoms. The fourth-order valence-electron chi connectivity index (χ4n) is 2.47. The Balaban J connectivity index is 0.000000758. The molecule has 0 aliphatic carbocycles. The van der Waals surface area contributed by atoms with Crippen molar-refractivity contribution in [3.05, 3.63) is 53.1 Å². The number of rotatable bonds is 4. The summed E-state index contributed by atoms with van der Waals surface area (Å²) in [5, 5.41) is 12.5. The zero-order chi connectivity index (χ0) is 19.3. The highest BCUT2D eigenvalue weighted by Gasteiger charge is 2.23. The number of benzene rings is 2. The summed E-state index contributed by atoms with van der Waals surface area (Å²) in [6.45, 7) is -0.0122. The molecule has 7 heteroatoms. The van der Waals surface area contributed by atoms with Crippen LogP contribution in [0.2, 0.25) is 0 Å². The molecule has 2 N–H and O–H groups in total. The van der Waals surface area contributed by atoms with Crippen LogP contribution in [0.5, 0.6) is 5.75 Å². The smallest absolute Gasteiger partial charge is 0.176 e. The average Bonchev–Trinajstić information content (AvgIpc) is 2.99. The van der Waals surface area contributed by atoms with Gasteiger partial charge >= 0.3 is 0 Å². The fraction of sp³-hybridized carbons (Fsp3) is 0.211. The Bertz CT molecular complexity index is 904. The fourth-order valence-corrected chi connectivity index (χ4v) is 2.47. The van der Waals surface area contributed by atoms with Crippen molar-refractivity contribution >= 4 is 17.3 Å². The van der Waals surface area contributed by atoms with Gasteiger partial charge in [0, 0.05) is 18.2 Å². The average molecular weight is 363 g/mol. The second-order valence-corrected chi connectivity index (χ2v) is 5.47. The molecule has 138 valence electrons. The molecule has 1 aromatic heterocycles. The highest BCUT2D eigenvalue weighted by molar-refractivity contribution is 6.03. The summed E-state index contributed by atoms with van der Waals surface area (Å²) in [5.41, 5.74) is 0.698. The van der Waals surface area contributed by atoms with Gasteiger partial charge in [-0.3, -0.25) is 4.79 Å². The third kappa shape index (κ3) is 3.74. The van der Waals surface area contributed by atoms with Crippen molar-refractivity contribution in [2.45, 2.75) is 6.61 Å². The Morgan fingerprint density at radius 3 is 2.38 bits per heavy atom. The Hall–Kier alpha value is -2.77. The lowest BCUT2D eigenvalue weighted by molar-refractivity contribution is 0.112. The minimum Gasteiger partial charge on any atom is -0.505 e. The molecule has 0 aliphatic heterocycles. The van der Waals surface area contributed by atoms with Crippen LogP contribution in [0.3, 0.4) is 0 Å². The van der Waals surface area contributed by atoms with Gasteiger partial charge in [-0.1, -0.05) is 0 Å². The number of hydrogen-bond donors (Lipinski definition) is 2. The van der Waals surface area contributed by atoms with E-state index in [-0.39, 0.29) is 34.5 Å². The molecule has 0 saturated heterocycles. The predicted molar refractivity (Wildman–Crippen MR) is 94.3 cm³/mol. The second kappa shape index (κ2) is 8.55. The van der Waals surface area contributed by atoms with Crippen LogP contribution in [0.1, 0.15) is 15.9 Å². The summed E-state index contributed by atoms with van der Waals surface area (Å²) in [6, 6.07) is 6.68. The maximum atomic E-state index is 14.4. The van der Waals surface area contributed by atoms with Crippen LogP contribution in [0.4, 0.5) is 8.78 Å². The summed E-state index contributed by atoms with van der Waals surface area (Å²) in [6.07, 6.45) is 0.447. The molecule has 3 aromatic rings. The van der Waals surface area contributed by atoms with Crippen LogP contribution in [0.15, 0.2) is 34.7 Å². The SMILES string of the molecule is CNC.COCc1cc2oc(-c3ccc(F)cc3)c(C=O)c2c(F)c1O. The number of aromatic hydroxyl groups is 1. The van der Waals surface area contributed by atoms with Gasteiger partial charge in [0.1, 0.15) is 17.2 Å². The van der Waals surface area contributed by atoms with Gasteiger partial charge in [0.05, 0.1) is 17.6 Å². The molecule has 0 unspecified atom stereocenters. The number of nitrogens with one attached hydrogen (secondary N) is 1. The number of phenolic OH excluding ortho intramolecular Hbond substituents is 1. The number of aldehydes is 1. The van der Waals surface area contributed by atoms with Crippen molar-refractivity contribution < 1.29 is 27.8 Å². The molecule has 0 atom stereocenters. The lowest BCUT2D eigenvalue weighted by Crippen LogP contribution is -1.92. The number of carbonyl (C=O) groups excluding carboxylic acids is 1. The molecule has 3 rings (SSSR count). The zero-order valence-corrected chi connectivity index (χ0v) is 14.6. The monoisotopic (exact) mass is 363 g/mol. The van der Waals surface area contributed by atoms with E-state index >= 15 is 0 Å². The molecular formula is C19H19F2NO4. The van der Waals surface area contributed by atoms with Crippen molar-refractivity contribution in [3.8, 4) is 17.1 Å². The third-order valence-corrected chi connectivity index (χ3v) is 3.53. The van der Waals surface area contributed by atoms with E-state index in [4.69, 9.17) is 9.15 Å². The second-order valence-electron chi connectivity index (χ2n) is 5.47. The summed E-state index contributed by atoms with van der Waals surface area (Å²) in [7, 11) is 5.16. The number of fused-ring (bicyclic) bond motifs is 1. The van der Waals surface area contributed by atoms with E-state index in [0.717, 1.165) is 0 Å². The van der Waals surface area contributed by atoms with Gasteiger partial charge in [0.2, 0.25) is 0 Å². The van der Waals surface area contributed by atoms with Gasteiger partial charge in [0.15, 0.2) is 17.9 Å². The number of methoxy groups -OCH3 is 1. The summed E-state index contributed by atoms with van der Waals surface area (Å²) in [5.74, 6) is -1.87. The molecule has 0 bridgehead atoms. The van der Waals surface area contributed by atoms with Gasteiger partial charge in [-0.2, -0.15) is 0 Å². The van der Waals surface area contributed by atoms with Crippen LogP contribution in [-0.4, -0.2) is 32.6 Å². The number of carbonyl (C=O) groups is 1. The zero-order valence-electron chi connectivity index (χ0n) is 14.6. The van der Waals surface area contributed by atoms with Crippen molar-refractivity contribution in [1.29, 1.82) is 0 Å². The standard InChI is InChI=1S/C17H12F2O4.C2H7N/c1-22-8-10-6-13-14(15(19)16(10)21)12(7-20)17(23-13)9-2-4-11(18)5-3-9;1-3-2/h2-7,21H,8H2,1H3;3H,1-2H3. The van der Waals surface area contributed by atoms with E-state index in [1.165, 1.54) is 37.4 Å². The molecular weight excluding hydrogens is 344 g/mol. The van der Waals surface area contributed by atoms with Gasteiger partial charge < -0.3 is 19.6 Å².